The second-order valence-corrected chi connectivity index (χ2v) is 10.2. The van der Waals surface area contributed by atoms with E-state index >= 15 is 0 Å². The summed E-state index contributed by atoms with van der Waals surface area (Å²) in [6, 6.07) is 7.06. The number of benzene rings is 1. The maximum atomic E-state index is 10.9. The zero-order valence-corrected chi connectivity index (χ0v) is 20.4. The van der Waals surface area contributed by atoms with Crippen molar-refractivity contribution in [2.24, 2.45) is 5.92 Å². The average Bonchev–Trinajstić information content (AvgIpc) is 3.19. The molecule has 2 N–H and O–H groups in total. The molecule has 2 aromatic heterocycles. The first kappa shape index (κ1) is 25.3. The van der Waals surface area contributed by atoms with Crippen molar-refractivity contribution in [1.82, 2.24) is 19.7 Å². The van der Waals surface area contributed by atoms with Crippen molar-refractivity contribution in [1.29, 1.82) is 0 Å². The van der Waals surface area contributed by atoms with E-state index in [2.05, 4.69) is 9.97 Å². The van der Waals surface area contributed by atoms with Crippen LogP contribution < -0.4 is 4.74 Å². The summed E-state index contributed by atoms with van der Waals surface area (Å²) >= 11 is 0. The third-order valence-electron chi connectivity index (χ3n) is 5.56. The van der Waals surface area contributed by atoms with Gasteiger partial charge in [-0.2, -0.15) is 18.5 Å². The van der Waals surface area contributed by atoms with E-state index in [0.29, 0.717) is 37.6 Å². The lowest BCUT2D eigenvalue weighted by Crippen LogP contribution is -2.19. The summed E-state index contributed by atoms with van der Waals surface area (Å²) in [6.07, 6.45) is 4.94. The Morgan fingerprint density at radius 1 is 1.26 bits per heavy atom. The molecule has 0 radical (unpaired) electrons. The first-order valence-corrected chi connectivity index (χ1v) is 13.2. The van der Waals surface area contributed by atoms with Crippen molar-refractivity contribution in [3.63, 3.8) is 0 Å². The fourth-order valence-corrected chi connectivity index (χ4v) is 4.83. The topological polar surface area (TPSA) is 146 Å². The lowest BCUT2D eigenvalue weighted by atomic mass is 10.1. The van der Waals surface area contributed by atoms with Gasteiger partial charge in [0.25, 0.3) is 10.1 Å². The van der Waals surface area contributed by atoms with E-state index in [9.17, 15) is 13.5 Å². The molecule has 3 heterocycles. The van der Waals surface area contributed by atoms with Gasteiger partial charge in [0.05, 0.1) is 30.2 Å². The lowest BCUT2D eigenvalue weighted by molar-refractivity contribution is -0.0365. The first-order chi connectivity index (χ1) is 16.8. The lowest BCUT2D eigenvalue weighted by Gasteiger charge is -2.23. The predicted molar refractivity (Wildman–Crippen MR) is 128 cm³/mol. The van der Waals surface area contributed by atoms with E-state index in [0.717, 1.165) is 30.2 Å². The third kappa shape index (κ3) is 6.88. The van der Waals surface area contributed by atoms with Gasteiger partial charge in [-0.25, -0.2) is 9.67 Å². The van der Waals surface area contributed by atoms with Gasteiger partial charge in [-0.3, -0.25) is 4.55 Å². The van der Waals surface area contributed by atoms with Crippen LogP contribution in [0.3, 0.4) is 0 Å². The molecular formula is C23H30N4O7S. The van der Waals surface area contributed by atoms with Crippen LogP contribution in [-0.4, -0.2) is 70.0 Å². The van der Waals surface area contributed by atoms with Gasteiger partial charge in [-0.1, -0.05) is 6.92 Å². The largest absolute Gasteiger partial charge is 0.508 e. The highest BCUT2D eigenvalue weighted by molar-refractivity contribution is 7.85. The molecule has 0 bridgehead atoms. The van der Waals surface area contributed by atoms with E-state index in [-0.39, 0.29) is 36.3 Å². The molecule has 11 nitrogen and oxygen atoms in total. The molecule has 4 rings (SSSR count). The number of rotatable bonds is 11. The molecule has 1 aliphatic heterocycles. The number of hydrogen-bond donors (Lipinski definition) is 2. The molecule has 1 aromatic carbocycles. The Kier molecular flexibility index (Phi) is 8.16. The van der Waals surface area contributed by atoms with Crippen molar-refractivity contribution >= 4 is 21.0 Å². The molecule has 3 aromatic rings. The Bertz CT molecular complexity index is 1240. The Balaban J connectivity index is 1.40. The Hall–Kier alpha value is -2.80. The summed E-state index contributed by atoms with van der Waals surface area (Å²) in [7, 11) is -4.00. The van der Waals surface area contributed by atoms with Crippen LogP contribution in [0.25, 0.3) is 22.3 Å². The minimum Gasteiger partial charge on any atom is -0.508 e. The fourth-order valence-electron chi connectivity index (χ4n) is 4.01. The Labute approximate surface area is 203 Å². The number of nitrogens with zero attached hydrogens (tertiary/aromatic N) is 4. The summed E-state index contributed by atoms with van der Waals surface area (Å²) in [4.78, 5) is 8.67. The van der Waals surface area contributed by atoms with Crippen LogP contribution in [0.5, 0.6) is 11.8 Å². The molecule has 2 atom stereocenters. The van der Waals surface area contributed by atoms with E-state index in [4.69, 9.17) is 23.9 Å². The van der Waals surface area contributed by atoms with E-state index < -0.39 is 10.1 Å². The minimum atomic E-state index is -4.00. The molecule has 12 heteroatoms. The molecular weight excluding hydrogens is 476 g/mol. The van der Waals surface area contributed by atoms with E-state index in [1.165, 1.54) is 0 Å². The molecule has 35 heavy (non-hydrogen) atoms. The van der Waals surface area contributed by atoms with Crippen LogP contribution in [0.15, 0.2) is 30.5 Å². The molecule has 190 valence electrons. The second-order valence-electron chi connectivity index (χ2n) is 8.67. The molecule has 0 amide bonds. The highest BCUT2D eigenvalue weighted by atomic mass is 32.2. The zero-order chi connectivity index (χ0) is 24.8. The van der Waals surface area contributed by atoms with Crippen LogP contribution >= 0.6 is 0 Å². The van der Waals surface area contributed by atoms with Crippen molar-refractivity contribution in [2.45, 2.75) is 38.8 Å². The third-order valence-corrected chi connectivity index (χ3v) is 6.55. The number of phenolic OH excluding ortho intramolecular Hbond substituents is 1. The highest BCUT2D eigenvalue weighted by Crippen LogP contribution is 2.34. The number of fused-ring (bicyclic) bond motifs is 1. The van der Waals surface area contributed by atoms with Gasteiger partial charge in [0.15, 0.2) is 6.23 Å². The number of ether oxygens (including phenoxy) is 3. The van der Waals surface area contributed by atoms with Crippen LogP contribution in [0.1, 0.15) is 38.8 Å². The van der Waals surface area contributed by atoms with Crippen LogP contribution in [-0.2, 0) is 19.6 Å². The van der Waals surface area contributed by atoms with Gasteiger partial charge in [0, 0.05) is 31.2 Å². The molecule has 1 aliphatic rings. The summed E-state index contributed by atoms with van der Waals surface area (Å²) in [5, 5.41) is 15.6. The highest BCUT2D eigenvalue weighted by Gasteiger charge is 2.22. The normalized spacial score (nSPS) is 17.5. The Morgan fingerprint density at radius 2 is 2.11 bits per heavy atom. The summed E-state index contributed by atoms with van der Waals surface area (Å²) in [5.41, 5.74) is 2.02. The number of phenols is 1. The molecule has 0 saturated carbocycles. The Morgan fingerprint density at radius 3 is 2.89 bits per heavy atom. The first-order valence-electron chi connectivity index (χ1n) is 11.6. The van der Waals surface area contributed by atoms with E-state index in [1.54, 1.807) is 31.3 Å². The molecule has 1 unspecified atom stereocenters. The fraction of sp³-hybridized carbons (Fsp3) is 0.522. The summed E-state index contributed by atoms with van der Waals surface area (Å²) < 4.78 is 49.5. The quantitative estimate of drug-likeness (QED) is 0.293. The average molecular weight is 507 g/mol. The number of aromatic hydroxyl groups is 1. The van der Waals surface area contributed by atoms with Gasteiger partial charge in [-0.05, 0) is 49.4 Å². The zero-order valence-electron chi connectivity index (χ0n) is 19.5. The van der Waals surface area contributed by atoms with Gasteiger partial charge < -0.3 is 19.3 Å². The van der Waals surface area contributed by atoms with Crippen molar-refractivity contribution in [3.8, 4) is 23.1 Å². The van der Waals surface area contributed by atoms with Crippen molar-refractivity contribution in [3.05, 3.63) is 30.5 Å². The van der Waals surface area contributed by atoms with E-state index in [1.807, 2.05) is 10.7 Å². The van der Waals surface area contributed by atoms with Crippen molar-refractivity contribution in [2.75, 3.05) is 32.2 Å². The summed E-state index contributed by atoms with van der Waals surface area (Å²) in [5.74, 6) is -0.502. The van der Waals surface area contributed by atoms with Crippen molar-refractivity contribution < 1.29 is 32.3 Å². The molecule has 1 fully saturated rings. The molecule has 1 saturated heterocycles. The molecule has 0 aliphatic carbocycles. The standard InChI is InChI=1S/C23H30N4O7S/c1-16(15-35(29,30)31)14-32-10-4-12-34-23-24-9-8-19(25-23)22-18-13-17(28)6-7-20(18)27(26-22)21-5-2-3-11-33-21/h6-9,13,16,21,28H,2-5,10-12,14-15H2,1H3,(H,29,30,31)/t16-,21?/m0/s1. The second kappa shape index (κ2) is 11.3. The van der Waals surface area contributed by atoms with Gasteiger partial charge in [-0.15, -0.1) is 0 Å². The van der Waals surface area contributed by atoms with Crippen LogP contribution in [0, 0.1) is 5.92 Å². The monoisotopic (exact) mass is 506 g/mol. The smallest absolute Gasteiger partial charge is 0.316 e. The van der Waals surface area contributed by atoms with Crippen LogP contribution in [0.4, 0.5) is 0 Å². The summed E-state index contributed by atoms with van der Waals surface area (Å²) in [6.45, 7) is 3.27. The van der Waals surface area contributed by atoms with Crippen LogP contribution in [0.2, 0.25) is 0 Å². The molecule has 0 spiro atoms. The maximum Gasteiger partial charge on any atom is 0.316 e. The van der Waals surface area contributed by atoms with Gasteiger partial charge in [0.2, 0.25) is 0 Å². The number of hydrogen-bond acceptors (Lipinski definition) is 9. The minimum absolute atomic E-state index is 0.138. The number of aromatic nitrogens is 4. The predicted octanol–water partition coefficient (Wildman–Crippen LogP) is 3.21. The SMILES string of the molecule is C[C@@H](COCCCOc1nccc(-c2nn(C3CCCCO3)c3ccc(O)cc23)n1)CS(=O)(=O)O. The van der Waals surface area contributed by atoms with Gasteiger partial charge >= 0.3 is 6.01 Å². The van der Waals surface area contributed by atoms with Gasteiger partial charge in [0.1, 0.15) is 11.4 Å². The maximum absolute atomic E-state index is 10.9.